The number of rotatable bonds is 4. The number of fused-ring (bicyclic) bond motifs is 1. The van der Waals surface area contributed by atoms with Gasteiger partial charge in [-0.3, -0.25) is 0 Å². The number of thiazole rings is 1. The van der Waals surface area contributed by atoms with Crippen molar-refractivity contribution in [2.75, 3.05) is 6.54 Å². The van der Waals surface area contributed by atoms with Crippen LogP contribution in [0.5, 0.6) is 0 Å². The quantitative estimate of drug-likeness (QED) is 0.789. The number of furan rings is 1. The van der Waals surface area contributed by atoms with Crippen molar-refractivity contribution in [3.63, 3.8) is 0 Å². The predicted molar refractivity (Wildman–Crippen MR) is 73.8 cm³/mol. The fraction of sp³-hybridized carbons (Fsp3) is 0.214. The van der Waals surface area contributed by atoms with Crippen molar-refractivity contribution in [1.29, 1.82) is 0 Å². The van der Waals surface area contributed by atoms with E-state index < -0.39 is 0 Å². The molecule has 1 aromatic carbocycles. The molecule has 1 unspecified atom stereocenters. The Morgan fingerprint density at radius 3 is 3.05 bits per heavy atom. The average molecular weight is 276 g/mol. The smallest absolute Gasteiger partial charge is 0.134 e. The molecule has 3 nitrogen and oxygen atoms in total. The van der Waals surface area contributed by atoms with E-state index in [-0.39, 0.29) is 11.9 Å². The van der Waals surface area contributed by atoms with E-state index in [9.17, 15) is 4.39 Å². The molecule has 5 heteroatoms. The van der Waals surface area contributed by atoms with E-state index in [4.69, 9.17) is 4.42 Å². The van der Waals surface area contributed by atoms with Gasteiger partial charge in [0.15, 0.2) is 0 Å². The minimum Gasteiger partial charge on any atom is -0.459 e. The molecule has 0 saturated carbocycles. The Morgan fingerprint density at radius 1 is 1.42 bits per heavy atom. The van der Waals surface area contributed by atoms with Crippen LogP contribution in [0, 0.1) is 5.82 Å². The van der Waals surface area contributed by atoms with Crippen LogP contribution in [0.3, 0.4) is 0 Å². The lowest BCUT2D eigenvalue weighted by molar-refractivity contribution is 0.472. The second kappa shape index (κ2) is 5.11. The highest BCUT2D eigenvalue weighted by molar-refractivity contribution is 7.07. The van der Waals surface area contributed by atoms with Crippen LogP contribution in [0.4, 0.5) is 4.39 Å². The third-order valence-corrected chi connectivity index (χ3v) is 3.54. The molecule has 2 heterocycles. The number of nitrogens with zero attached hydrogens (tertiary/aromatic N) is 1. The van der Waals surface area contributed by atoms with Gasteiger partial charge in [-0.1, -0.05) is 6.92 Å². The summed E-state index contributed by atoms with van der Waals surface area (Å²) in [6.07, 6.45) is 0. The van der Waals surface area contributed by atoms with Gasteiger partial charge in [0, 0.05) is 10.8 Å². The van der Waals surface area contributed by atoms with Crippen molar-refractivity contribution in [2.24, 2.45) is 0 Å². The van der Waals surface area contributed by atoms with Gasteiger partial charge in [-0.15, -0.1) is 11.3 Å². The van der Waals surface area contributed by atoms with Crippen LogP contribution in [-0.4, -0.2) is 11.5 Å². The van der Waals surface area contributed by atoms with E-state index in [1.54, 1.807) is 22.9 Å². The minimum atomic E-state index is -0.256. The van der Waals surface area contributed by atoms with Crippen LogP contribution in [0.1, 0.15) is 24.4 Å². The van der Waals surface area contributed by atoms with E-state index in [1.165, 1.54) is 12.1 Å². The lowest BCUT2D eigenvalue weighted by atomic mass is 10.1. The van der Waals surface area contributed by atoms with Gasteiger partial charge in [0.25, 0.3) is 0 Å². The van der Waals surface area contributed by atoms with Crippen molar-refractivity contribution in [2.45, 2.75) is 13.0 Å². The molecule has 98 valence electrons. The van der Waals surface area contributed by atoms with E-state index in [0.29, 0.717) is 5.58 Å². The number of halogens is 1. The van der Waals surface area contributed by atoms with Crippen LogP contribution in [-0.2, 0) is 0 Å². The van der Waals surface area contributed by atoms with Crippen molar-refractivity contribution < 1.29 is 8.81 Å². The van der Waals surface area contributed by atoms with E-state index in [1.807, 2.05) is 18.4 Å². The predicted octanol–water partition coefficient (Wildman–Crippen LogP) is 3.73. The molecule has 2 aromatic heterocycles. The molecule has 0 spiro atoms. The first-order valence-electron chi connectivity index (χ1n) is 6.08. The molecule has 0 aliphatic heterocycles. The zero-order valence-corrected chi connectivity index (χ0v) is 11.2. The van der Waals surface area contributed by atoms with Gasteiger partial charge in [-0.05, 0) is 30.8 Å². The normalized spacial score (nSPS) is 12.9. The fourth-order valence-electron chi connectivity index (χ4n) is 2.10. The molecule has 0 radical (unpaired) electrons. The van der Waals surface area contributed by atoms with Gasteiger partial charge < -0.3 is 9.73 Å². The van der Waals surface area contributed by atoms with Gasteiger partial charge >= 0.3 is 0 Å². The van der Waals surface area contributed by atoms with Gasteiger partial charge in [-0.25, -0.2) is 9.37 Å². The summed E-state index contributed by atoms with van der Waals surface area (Å²) >= 11 is 1.54. The monoisotopic (exact) mass is 276 g/mol. The molecule has 3 aromatic rings. The molecule has 3 rings (SSSR count). The largest absolute Gasteiger partial charge is 0.459 e. The molecular weight excluding hydrogens is 263 g/mol. The first-order valence-corrected chi connectivity index (χ1v) is 7.02. The van der Waals surface area contributed by atoms with E-state index in [0.717, 1.165) is 23.4 Å². The summed E-state index contributed by atoms with van der Waals surface area (Å²) in [6, 6.07) is 6.31. The Labute approximate surface area is 114 Å². The molecule has 0 aliphatic rings. The highest BCUT2D eigenvalue weighted by atomic mass is 32.1. The maximum absolute atomic E-state index is 13.2. The van der Waals surface area contributed by atoms with Gasteiger partial charge in [-0.2, -0.15) is 0 Å². The highest BCUT2D eigenvalue weighted by Gasteiger charge is 2.19. The van der Waals surface area contributed by atoms with E-state index in [2.05, 4.69) is 10.3 Å². The summed E-state index contributed by atoms with van der Waals surface area (Å²) < 4.78 is 19.0. The Morgan fingerprint density at radius 2 is 2.32 bits per heavy atom. The number of hydrogen-bond donors (Lipinski definition) is 1. The van der Waals surface area contributed by atoms with Crippen LogP contribution in [0.25, 0.3) is 11.0 Å². The molecule has 0 aliphatic carbocycles. The van der Waals surface area contributed by atoms with Crippen molar-refractivity contribution >= 4 is 22.3 Å². The summed E-state index contributed by atoms with van der Waals surface area (Å²) in [5.74, 6) is 0.502. The van der Waals surface area contributed by atoms with Crippen molar-refractivity contribution in [1.82, 2.24) is 10.3 Å². The summed E-state index contributed by atoms with van der Waals surface area (Å²) in [5, 5.41) is 6.09. The van der Waals surface area contributed by atoms with Gasteiger partial charge in [0.1, 0.15) is 23.2 Å². The maximum Gasteiger partial charge on any atom is 0.134 e. The number of nitrogens with one attached hydrogen (secondary N) is 1. The molecular formula is C14H13FN2OS. The van der Waals surface area contributed by atoms with Crippen molar-refractivity contribution in [3.8, 4) is 0 Å². The number of hydrogen-bond acceptors (Lipinski definition) is 4. The first kappa shape index (κ1) is 12.3. The second-order valence-electron chi connectivity index (χ2n) is 4.23. The Bertz CT molecular complexity index is 678. The van der Waals surface area contributed by atoms with E-state index >= 15 is 0 Å². The second-order valence-corrected chi connectivity index (χ2v) is 4.95. The Hall–Kier alpha value is -1.72. The first-order chi connectivity index (χ1) is 9.28. The standard InChI is InChI=1S/C14H13FN2OS/c1-2-16-14(11-7-19-8-17-11)13-6-9-5-10(15)3-4-12(9)18-13/h3-8,14,16H,2H2,1H3. The van der Waals surface area contributed by atoms with Crippen LogP contribution < -0.4 is 5.32 Å². The molecule has 1 N–H and O–H groups in total. The Kier molecular flexibility index (Phi) is 3.31. The van der Waals surface area contributed by atoms with Gasteiger partial charge in [0.05, 0.1) is 11.2 Å². The average Bonchev–Trinajstić information content (AvgIpc) is 3.04. The topological polar surface area (TPSA) is 38.1 Å². The van der Waals surface area contributed by atoms with Crippen LogP contribution >= 0.6 is 11.3 Å². The number of benzene rings is 1. The van der Waals surface area contributed by atoms with Crippen molar-refractivity contribution in [3.05, 3.63) is 52.4 Å². The summed E-state index contributed by atoms with van der Waals surface area (Å²) in [6.45, 7) is 2.83. The van der Waals surface area contributed by atoms with Crippen LogP contribution in [0.15, 0.2) is 39.6 Å². The van der Waals surface area contributed by atoms with Crippen LogP contribution in [0.2, 0.25) is 0 Å². The molecule has 0 fully saturated rings. The maximum atomic E-state index is 13.2. The zero-order chi connectivity index (χ0) is 13.2. The lowest BCUT2D eigenvalue weighted by Gasteiger charge is -2.12. The molecule has 0 amide bonds. The highest BCUT2D eigenvalue weighted by Crippen LogP contribution is 2.28. The number of aromatic nitrogens is 1. The Balaban J connectivity index is 2.05. The molecule has 19 heavy (non-hydrogen) atoms. The SMILES string of the molecule is CCNC(c1cscn1)c1cc2cc(F)ccc2o1. The fourth-order valence-corrected chi connectivity index (χ4v) is 2.68. The molecule has 1 atom stereocenters. The molecule has 0 saturated heterocycles. The summed E-state index contributed by atoms with van der Waals surface area (Å²) in [4.78, 5) is 4.32. The third-order valence-electron chi connectivity index (χ3n) is 2.94. The van der Waals surface area contributed by atoms with Gasteiger partial charge in [0.2, 0.25) is 0 Å². The minimum absolute atomic E-state index is 0.0910. The zero-order valence-electron chi connectivity index (χ0n) is 10.4. The lowest BCUT2D eigenvalue weighted by Crippen LogP contribution is -2.21. The summed E-state index contributed by atoms with van der Waals surface area (Å²) in [7, 11) is 0. The summed E-state index contributed by atoms with van der Waals surface area (Å²) in [5.41, 5.74) is 3.41. The molecule has 0 bridgehead atoms. The third kappa shape index (κ3) is 2.39.